The summed E-state index contributed by atoms with van der Waals surface area (Å²) in [6.45, 7) is 0.0294. The van der Waals surface area contributed by atoms with Gasteiger partial charge in [0, 0.05) is 11.1 Å². The molecule has 0 spiro atoms. The minimum atomic E-state index is -3.62. The number of nitrogens with one attached hydrogen (secondary N) is 2. The molecule has 0 saturated heterocycles. The molecule has 0 aliphatic heterocycles. The van der Waals surface area contributed by atoms with Crippen molar-refractivity contribution in [1.29, 1.82) is 0 Å². The number of hydrogen-bond acceptors (Lipinski definition) is 6. The van der Waals surface area contributed by atoms with Gasteiger partial charge >= 0.3 is 0 Å². The predicted molar refractivity (Wildman–Crippen MR) is 93.6 cm³/mol. The van der Waals surface area contributed by atoms with Crippen LogP contribution in [-0.2, 0) is 16.6 Å². The number of rotatable bonds is 6. The van der Waals surface area contributed by atoms with Crippen molar-refractivity contribution in [3.63, 3.8) is 0 Å². The Morgan fingerprint density at radius 1 is 1.12 bits per heavy atom. The van der Waals surface area contributed by atoms with Crippen LogP contribution in [0.1, 0.15) is 16.2 Å². The van der Waals surface area contributed by atoms with E-state index >= 15 is 0 Å². The van der Waals surface area contributed by atoms with Crippen LogP contribution >= 0.6 is 0 Å². The van der Waals surface area contributed by atoms with Crippen LogP contribution in [0.3, 0.4) is 0 Å². The number of sulfonamides is 1. The van der Waals surface area contributed by atoms with Gasteiger partial charge in [0.2, 0.25) is 21.7 Å². The van der Waals surface area contributed by atoms with E-state index in [0.717, 1.165) is 5.56 Å². The Kier molecular flexibility index (Phi) is 5.10. The Balaban J connectivity index is 1.68. The van der Waals surface area contributed by atoms with Gasteiger partial charge in [-0.3, -0.25) is 4.79 Å². The fourth-order valence-electron chi connectivity index (χ4n) is 2.21. The summed E-state index contributed by atoms with van der Waals surface area (Å²) in [6.07, 6.45) is 0. The summed E-state index contributed by atoms with van der Waals surface area (Å²) in [7, 11) is -2.31. The summed E-state index contributed by atoms with van der Waals surface area (Å²) in [5, 5.41) is 6.50. The van der Waals surface area contributed by atoms with Gasteiger partial charge in [0.05, 0.1) is 11.4 Å². The van der Waals surface area contributed by atoms with Crippen molar-refractivity contribution in [1.82, 2.24) is 20.2 Å². The molecule has 1 heterocycles. The van der Waals surface area contributed by atoms with Crippen LogP contribution in [0, 0.1) is 0 Å². The van der Waals surface area contributed by atoms with Crippen LogP contribution in [0.15, 0.2) is 64.0 Å². The second-order valence-electron chi connectivity index (χ2n) is 5.30. The number of benzene rings is 2. The van der Waals surface area contributed by atoms with E-state index in [9.17, 15) is 13.2 Å². The Labute approximate surface area is 150 Å². The molecule has 0 bridgehead atoms. The molecule has 0 aliphatic carbocycles. The molecular formula is C17H16N4O4S. The van der Waals surface area contributed by atoms with Crippen molar-refractivity contribution in [2.75, 3.05) is 7.05 Å². The molecule has 3 aromatic rings. The molecule has 2 N–H and O–H groups in total. The number of amides is 1. The summed E-state index contributed by atoms with van der Waals surface area (Å²) >= 11 is 0. The van der Waals surface area contributed by atoms with Gasteiger partial charge in [-0.15, -0.1) is 0 Å². The molecule has 26 heavy (non-hydrogen) atoms. The zero-order chi connectivity index (χ0) is 18.6. The molecule has 9 heteroatoms. The fourth-order valence-corrected chi connectivity index (χ4v) is 2.99. The van der Waals surface area contributed by atoms with E-state index in [-0.39, 0.29) is 22.9 Å². The topological polar surface area (TPSA) is 114 Å². The number of nitrogens with zero attached hydrogens (tertiary/aromatic N) is 2. The van der Waals surface area contributed by atoms with Gasteiger partial charge in [0.15, 0.2) is 0 Å². The summed E-state index contributed by atoms with van der Waals surface area (Å²) < 4.78 is 31.0. The van der Waals surface area contributed by atoms with Crippen molar-refractivity contribution in [3.8, 4) is 11.4 Å². The normalized spacial score (nSPS) is 11.3. The molecule has 134 valence electrons. The summed E-state index contributed by atoms with van der Waals surface area (Å²) in [5.41, 5.74) is 1.02. The lowest BCUT2D eigenvalue weighted by molar-refractivity contribution is 0.0946. The molecule has 0 aliphatic rings. The van der Waals surface area contributed by atoms with Gasteiger partial charge in [-0.25, -0.2) is 13.1 Å². The smallest absolute Gasteiger partial charge is 0.251 e. The van der Waals surface area contributed by atoms with Gasteiger partial charge in [-0.1, -0.05) is 41.6 Å². The van der Waals surface area contributed by atoms with Crippen molar-refractivity contribution in [2.24, 2.45) is 0 Å². The highest BCUT2D eigenvalue weighted by Gasteiger charge is 2.15. The minimum absolute atomic E-state index is 0.0109. The molecule has 1 aromatic heterocycles. The Morgan fingerprint density at radius 2 is 1.88 bits per heavy atom. The van der Waals surface area contributed by atoms with E-state index < -0.39 is 15.9 Å². The van der Waals surface area contributed by atoms with Crippen LogP contribution in [-0.4, -0.2) is 31.5 Å². The largest absolute Gasteiger partial charge is 0.343 e. The van der Waals surface area contributed by atoms with Crippen LogP contribution in [0.4, 0.5) is 0 Å². The van der Waals surface area contributed by atoms with E-state index in [1.165, 1.54) is 31.3 Å². The molecule has 0 unspecified atom stereocenters. The highest BCUT2D eigenvalue weighted by Crippen LogP contribution is 2.15. The molecule has 1 amide bonds. The fraction of sp³-hybridized carbons (Fsp3) is 0.118. The molecule has 0 radical (unpaired) electrons. The third-order valence-electron chi connectivity index (χ3n) is 3.58. The molecular weight excluding hydrogens is 356 g/mol. The first-order chi connectivity index (χ1) is 12.5. The predicted octanol–water partition coefficient (Wildman–Crippen LogP) is 1.57. The molecule has 0 fully saturated rings. The van der Waals surface area contributed by atoms with Crippen LogP contribution in [0.5, 0.6) is 0 Å². The van der Waals surface area contributed by atoms with Crippen LogP contribution < -0.4 is 10.0 Å². The highest BCUT2D eigenvalue weighted by atomic mass is 32.2. The SMILES string of the molecule is CNS(=O)(=O)c1cccc(C(=O)NCc2nc(-c3ccccc3)no2)c1. The van der Waals surface area contributed by atoms with Crippen LogP contribution in [0.2, 0.25) is 0 Å². The monoisotopic (exact) mass is 372 g/mol. The lowest BCUT2D eigenvalue weighted by Gasteiger charge is -2.06. The maximum atomic E-state index is 12.2. The molecule has 0 saturated carbocycles. The second-order valence-corrected chi connectivity index (χ2v) is 7.18. The number of hydrogen-bond donors (Lipinski definition) is 2. The number of carbonyl (C=O) groups excluding carboxylic acids is 1. The van der Waals surface area contributed by atoms with Gasteiger partial charge in [-0.05, 0) is 25.2 Å². The molecule has 2 aromatic carbocycles. The van der Waals surface area contributed by atoms with E-state index in [1.54, 1.807) is 0 Å². The third kappa shape index (κ3) is 3.95. The summed E-state index contributed by atoms with van der Waals surface area (Å²) in [5.74, 6) is 0.228. The number of carbonyl (C=O) groups is 1. The van der Waals surface area contributed by atoms with E-state index in [2.05, 4.69) is 20.2 Å². The maximum absolute atomic E-state index is 12.2. The van der Waals surface area contributed by atoms with E-state index in [0.29, 0.717) is 5.82 Å². The molecule has 8 nitrogen and oxygen atoms in total. The van der Waals surface area contributed by atoms with Crippen molar-refractivity contribution >= 4 is 15.9 Å². The first kappa shape index (κ1) is 17.8. The van der Waals surface area contributed by atoms with Crippen molar-refractivity contribution < 1.29 is 17.7 Å². The zero-order valence-corrected chi connectivity index (χ0v) is 14.7. The third-order valence-corrected chi connectivity index (χ3v) is 4.99. The van der Waals surface area contributed by atoms with Gasteiger partial charge in [-0.2, -0.15) is 4.98 Å². The first-order valence-electron chi connectivity index (χ1n) is 7.69. The van der Waals surface area contributed by atoms with Gasteiger partial charge in [0.25, 0.3) is 5.91 Å². The average Bonchev–Trinajstić information content (AvgIpc) is 3.16. The average molecular weight is 372 g/mol. The highest BCUT2D eigenvalue weighted by molar-refractivity contribution is 7.89. The minimum Gasteiger partial charge on any atom is -0.343 e. The Morgan fingerprint density at radius 3 is 2.62 bits per heavy atom. The molecule has 3 rings (SSSR count). The summed E-state index contributed by atoms with van der Waals surface area (Å²) in [6, 6.07) is 15.0. The second kappa shape index (κ2) is 7.46. The quantitative estimate of drug-likeness (QED) is 0.679. The molecule has 0 atom stereocenters. The Bertz CT molecular complexity index is 1020. The van der Waals surface area contributed by atoms with E-state index in [1.807, 2.05) is 30.3 Å². The van der Waals surface area contributed by atoms with Gasteiger partial charge < -0.3 is 9.84 Å². The van der Waals surface area contributed by atoms with Gasteiger partial charge in [0.1, 0.15) is 0 Å². The summed E-state index contributed by atoms with van der Waals surface area (Å²) in [4.78, 5) is 16.5. The van der Waals surface area contributed by atoms with Crippen molar-refractivity contribution in [2.45, 2.75) is 11.4 Å². The van der Waals surface area contributed by atoms with E-state index in [4.69, 9.17) is 4.52 Å². The zero-order valence-electron chi connectivity index (χ0n) is 13.8. The van der Waals surface area contributed by atoms with Crippen LogP contribution in [0.25, 0.3) is 11.4 Å². The number of aromatic nitrogens is 2. The maximum Gasteiger partial charge on any atom is 0.251 e. The lowest BCUT2D eigenvalue weighted by atomic mass is 10.2. The Hall–Kier alpha value is -3.04. The lowest BCUT2D eigenvalue weighted by Crippen LogP contribution is -2.24. The van der Waals surface area contributed by atoms with Crippen molar-refractivity contribution in [3.05, 3.63) is 66.1 Å². The standard InChI is InChI=1S/C17H16N4O4S/c1-18-26(23,24)14-9-5-8-13(10-14)17(22)19-11-15-20-16(21-25-15)12-6-3-2-4-7-12/h2-10,18H,11H2,1H3,(H,19,22). The first-order valence-corrected chi connectivity index (χ1v) is 9.18.